The van der Waals surface area contributed by atoms with Crippen molar-refractivity contribution < 1.29 is 9.53 Å². The molecular weight excluding hydrogens is 178 g/mol. The minimum absolute atomic E-state index is 0.187. The molecule has 0 spiro atoms. The molecule has 0 saturated heterocycles. The van der Waals surface area contributed by atoms with Crippen LogP contribution in [-0.4, -0.2) is 17.6 Å². The fourth-order valence-corrected chi connectivity index (χ4v) is 1.74. The Morgan fingerprint density at radius 3 is 2.93 bits per heavy atom. The molecule has 0 atom stereocenters. The van der Waals surface area contributed by atoms with Gasteiger partial charge >= 0.3 is 5.97 Å². The van der Waals surface area contributed by atoms with Gasteiger partial charge < -0.3 is 9.72 Å². The Hall–Kier alpha value is -1.25. The molecular formula is C11H15NO2. The Morgan fingerprint density at radius 1 is 1.64 bits per heavy atom. The van der Waals surface area contributed by atoms with E-state index in [1.54, 1.807) is 0 Å². The quantitative estimate of drug-likeness (QED) is 0.749. The van der Waals surface area contributed by atoms with Crippen molar-refractivity contribution in [1.29, 1.82) is 0 Å². The number of aryl methyl sites for hydroxylation is 1. The minimum atomic E-state index is -0.187. The molecule has 3 heteroatoms. The summed E-state index contributed by atoms with van der Waals surface area (Å²) in [6.07, 6.45) is 4.34. The molecule has 0 radical (unpaired) electrons. The maximum atomic E-state index is 11.6. The highest BCUT2D eigenvalue weighted by Crippen LogP contribution is 2.42. The summed E-state index contributed by atoms with van der Waals surface area (Å²) in [6, 6.07) is 0. The molecule has 0 aliphatic heterocycles. The standard InChI is InChI=1S/C11H15NO2/c1-3-14-11(13)10-7(2)12-6-9(10)8-4-5-8/h6,8,12H,3-5H2,1-2H3. The monoisotopic (exact) mass is 193 g/mol. The summed E-state index contributed by atoms with van der Waals surface area (Å²) in [5.41, 5.74) is 2.82. The Balaban J connectivity index is 2.29. The van der Waals surface area contributed by atoms with E-state index in [1.165, 1.54) is 12.8 Å². The van der Waals surface area contributed by atoms with Crippen LogP contribution in [0.1, 0.15) is 47.3 Å². The van der Waals surface area contributed by atoms with E-state index in [0.717, 1.165) is 16.8 Å². The fourth-order valence-electron chi connectivity index (χ4n) is 1.74. The zero-order chi connectivity index (χ0) is 10.1. The number of nitrogens with one attached hydrogen (secondary N) is 1. The maximum absolute atomic E-state index is 11.6. The van der Waals surface area contributed by atoms with Gasteiger partial charge in [0, 0.05) is 11.9 Å². The zero-order valence-corrected chi connectivity index (χ0v) is 8.59. The molecule has 1 N–H and O–H groups in total. The van der Waals surface area contributed by atoms with Gasteiger partial charge in [0.15, 0.2) is 0 Å². The van der Waals surface area contributed by atoms with Crippen LogP contribution in [0.3, 0.4) is 0 Å². The highest BCUT2D eigenvalue weighted by atomic mass is 16.5. The number of esters is 1. The summed E-state index contributed by atoms with van der Waals surface area (Å²) in [4.78, 5) is 14.7. The van der Waals surface area contributed by atoms with Gasteiger partial charge in [-0.25, -0.2) is 4.79 Å². The molecule has 0 amide bonds. The Labute approximate surface area is 83.5 Å². The summed E-state index contributed by atoms with van der Waals surface area (Å²) in [5.74, 6) is 0.396. The molecule has 1 saturated carbocycles. The van der Waals surface area contributed by atoms with Crippen LogP contribution in [0.2, 0.25) is 0 Å². The third kappa shape index (κ3) is 1.54. The summed E-state index contributed by atoms with van der Waals surface area (Å²) in [5, 5.41) is 0. The van der Waals surface area contributed by atoms with Gasteiger partial charge in [-0.05, 0) is 38.2 Å². The topological polar surface area (TPSA) is 42.1 Å². The van der Waals surface area contributed by atoms with Crippen LogP contribution in [0, 0.1) is 6.92 Å². The van der Waals surface area contributed by atoms with E-state index in [0.29, 0.717) is 12.5 Å². The first-order valence-corrected chi connectivity index (χ1v) is 5.09. The maximum Gasteiger partial charge on any atom is 0.340 e. The molecule has 1 aromatic heterocycles. The second-order valence-corrected chi connectivity index (χ2v) is 3.74. The highest BCUT2D eigenvalue weighted by molar-refractivity contribution is 5.92. The van der Waals surface area contributed by atoms with E-state index in [9.17, 15) is 4.79 Å². The number of carbonyl (C=O) groups excluding carboxylic acids is 1. The van der Waals surface area contributed by atoms with Crippen LogP contribution >= 0.6 is 0 Å². The van der Waals surface area contributed by atoms with Crippen LogP contribution < -0.4 is 0 Å². The molecule has 1 aliphatic carbocycles. The Bertz CT molecular complexity index is 350. The molecule has 76 valence electrons. The molecule has 14 heavy (non-hydrogen) atoms. The first kappa shape index (κ1) is 9.31. The molecule has 2 rings (SSSR count). The van der Waals surface area contributed by atoms with E-state index in [4.69, 9.17) is 4.74 Å². The zero-order valence-electron chi connectivity index (χ0n) is 8.59. The van der Waals surface area contributed by atoms with Gasteiger partial charge in [0.1, 0.15) is 0 Å². The average Bonchev–Trinajstić information content (AvgIpc) is 2.90. The van der Waals surface area contributed by atoms with Gasteiger partial charge in [0.05, 0.1) is 12.2 Å². The van der Waals surface area contributed by atoms with Crippen LogP contribution in [0.4, 0.5) is 0 Å². The summed E-state index contributed by atoms with van der Waals surface area (Å²) < 4.78 is 5.03. The van der Waals surface area contributed by atoms with Crippen molar-refractivity contribution in [3.63, 3.8) is 0 Å². The first-order chi connectivity index (χ1) is 6.74. The van der Waals surface area contributed by atoms with Gasteiger partial charge in [-0.3, -0.25) is 0 Å². The number of ether oxygens (including phenoxy) is 1. The number of aromatic amines is 1. The van der Waals surface area contributed by atoms with Crippen LogP contribution in [0.5, 0.6) is 0 Å². The lowest BCUT2D eigenvalue weighted by molar-refractivity contribution is 0.0524. The first-order valence-electron chi connectivity index (χ1n) is 5.09. The van der Waals surface area contributed by atoms with E-state index in [2.05, 4.69) is 4.98 Å². The van der Waals surface area contributed by atoms with Crippen LogP contribution in [-0.2, 0) is 4.74 Å². The van der Waals surface area contributed by atoms with Gasteiger partial charge in [-0.1, -0.05) is 0 Å². The van der Waals surface area contributed by atoms with Crippen molar-refractivity contribution >= 4 is 5.97 Å². The predicted molar refractivity (Wildman–Crippen MR) is 53.5 cm³/mol. The van der Waals surface area contributed by atoms with Crippen molar-refractivity contribution in [1.82, 2.24) is 4.98 Å². The second-order valence-electron chi connectivity index (χ2n) is 3.74. The van der Waals surface area contributed by atoms with Crippen LogP contribution in [0.25, 0.3) is 0 Å². The molecule has 3 nitrogen and oxygen atoms in total. The number of hydrogen-bond acceptors (Lipinski definition) is 2. The van der Waals surface area contributed by atoms with Crippen molar-refractivity contribution in [3.8, 4) is 0 Å². The summed E-state index contributed by atoms with van der Waals surface area (Å²) >= 11 is 0. The van der Waals surface area contributed by atoms with Crippen molar-refractivity contribution in [2.24, 2.45) is 0 Å². The van der Waals surface area contributed by atoms with Gasteiger partial charge in [0.25, 0.3) is 0 Å². The smallest absolute Gasteiger partial charge is 0.340 e. The summed E-state index contributed by atoms with van der Waals surface area (Å²) in [7, 11) is 0. The highest BCUT2D eigenvalue weighted by Gasteiger charge is 2.30. The number of aromatic nitrogens is 1. The molecule has 0 bridgehead atoms. The number of H-pyrrole nitrogens is 1. The van der Waals surface area contributed by atoms with Gasteiger partial charge in [0.2, 0.25) is 0 Å². The average molecular weight is 193 g/mol. The lowest BCUT2D eigenvalue weighted by Crippen LogP contribution is -2.07. The number of rotatable bonds is 3. The largest absolute Gasteiger partial charge is 0.462 e. The van der Waals surface area contributed by atoms with E-state index in [1.807, 2.05) is 20.0 Å². The molecule has 0 aromatic carbocycles. The summed E-state index contributed by atoms with van der Waals surface area (Å²) in [6.45, 7) is 4.18. The van der Waals surface area contributed by atoms with Gasteiger partial charge in [-0.2, -0.15) is 0 Å². The SMILES string of the molecule is CCOC(=O)c1c(C2CC2)c[nH]c1C. The molecule has 1 fully saturated rings. The lowest BCUT2D eigenvalue weighted by atomic mass is 10.1. The predicted octanol–water partition coefficient (Wildman–Crippen LogP) is 2.38. The van der Waals surface area contributed by atoms with Crippen molar-refractivity contribution in [3.05, 3.63) is 23.0 Å². The second kappa shape index (κ2) is 3.48. The van der Waals surface area contributed by atoms with Gasteiger partial charge in [-0.15, -0.1) is 0 Å². The van der Waals surface area contributed by atoms with E-state index in [-0.39, 0.29) is 5.97 Å². The Morgan fingerprint density at radius 2 is 2.36 bits per heavy atom. The van der Waals surface area contributed by atoms with Crippen molar-refractivity contribution in [2.75, 3.05) is 6.61 Å². The normalized spacial score (nSPS) is 15.6. The molecule has 1 heterocycles. The van der Waals surface area contributed by atoms with Crippen LogP contribution in [0.15, 0.2) is 6.20 Å². The lowest BCUT2D eigenvalue weighted by Gasteiger charge is -2.03. The van der Waals surface area contributed by atoms with E-state index < -0.39 is 0 Å². The fraction of sp³-hybridized carbons (Fsp3) is 0.545. The third-order valence-corrected chi connectivity index (χ3v) is 2.60. The number of carbonyl (C=O) groups is 1. The molecule has 1 aromatic rings. The molecule has 0 unspecified atom stereocenters. The van der Waals surface area contributed by atoms with E-state index >= 15 is 0 Å². The molecule has 1 aliphatic rings. The number of hydrogen-bond donors (Lipinski definition) is 1. The van der Waals surface area contributed by atoms with Crippen molar-refractivity contribution in [2.45, 2.75) is 32.6 Å². The Kier molecular flexibility index (Phi) is 2.32. The minimum Gasteiger partial charge on any atom is -0.462 e. The third-order valence-electron chi connectivity index (χ3n) is 2.60.